The third-order valence-corrected chi connectivity index (χ3v) is 2.44. The van der Waals surface area contributed by atoms with Crippen LogP contribution in [-0.4, -0.2) is 9.91 Å². The summed E-state index contributed by atoms with van der Waals surface area (Å²) in [5.74, 6) is -0.533. The minimum Gasteiger partial charge on any atom is -0.434 e. The molecule has 0 N–H and O–H groups in total. The molecule has 5 nitrogen and oxygen atoms in total. The van der Waals surface area contributed by atoms with Gasteiger partial charge in [-0.2, -0.15) is 0 Å². The van der Waals surface area contributed by atoms with E-state index < -0.39 is 10.7 Å². The number of aromatic nitrogens is 1. The summed E-state index contributed by atoms with van der Waals surface area (Å²) in [5.41, 5.74) is -0.298. The average Bonchev–Trinajstić information content (AvgIpc) is 2.31. The largest absolute Gasteiger partial charge is 0.434 e. The molecule has 0 spiro atoms. The van der Waals surface area contributed by atoms with E-state index in [1.54, 1.807) is 0 Å². The van der Waals surface area contributed by atoms with Crippen molar-refractivity contribution >= 4 is 21.6 Å². The van der Waals surface area contributed by atoms with E-state index in [4.69, 9.17) is 4.74 Å². The van der Waals surface area contributed by atoms with Crippen LogP contribution in [0, 0.1) is 15.9 Å². The lowest BCUT2D eigenvalue weighted by Gasteiger charge is -2.05. The first kappa shape index (κ1) is 12.4. The lowest BCUT2D eigenvalue weighted by Crippen LogP contribution is -1.96. The average molecular weight is 313 g/mol. The fourth-order valence-corrected chi connectivity index (χ4v) is 1.59. The molecule has 0 atom stereocenters. The van der Waals surface area contributed by atoms with Gasteiger partial charge in [0, 0.05) is 22.8 Å². The minimum atomic E-state index is -0.619. The summed E-state index contributed by atoms with van der Waals surface area (Å²) >= 11 is 3.08. The summed E-state index contributed by atoms with van der Waals surface area (Å²) in [6.07, 6.45) is 1.36. The van der Waals surface area contributed by atoms with Crippen molar-refractivity contribution < 1.29 is 14.1 Å². The highest BCUT2D eigenvalue weighted by Gasteiger charge is 2.18. The fourth-order valence-electron chi connectivity index (χ4n) is 1.27. The van der Waals surface area contributed by atoms with Crippen LogP contribution in [0.25, 0.3) is 0 Å². The minimum absolute atomic E-state index is 0.146. The van der Waals surface area contributed by atoms with E-state index in [1.807, 2.05) is 0 Å². The summed E-state index contributed by atoms with van der Waals surface area (Å²) in [6, 6.07) is 6.55. The molecule has 2 rings (SSSR count). The lowest BCUT2D eigenvalue weighted by molar-refractivity contribution is -0.386. The van der Waals surface area contributed by atoms with Crippen molar-refractivity contribution in [1.29, 1.82) is 0 Å². The predicted molar refractivity (Wildman–Crippen MR) is 65.1 cm³/mol. The van der Waals surface area contributed by atoms with E-state index >= 15 is 0 Å². The maximum Gasteiger partial charge on any atom is 0.332 e. The van der Waals surface area contributed by atoms with Gasteiger partial charge in [-0.1, -0.05) is 6.07 Å². The lowest BCUT2D eigenvalue weighted by atomic mass is 10.3. The van der Waals surface area contributed by atoms with Crippen molar-refractivity contribution in [2.75, 3.05) is 0 Å². The Morgan fingerprint density at radius 1 is 1.39 bits per heavy atom. The van der Waals surface area contributed by atoms with Gasteiger partial charge in [-0.25, -0.2) is 9.37 Å². The molecule has 2 aromatic rings. The Morgan fingerprint density at radius 2 is 2.17 bits per heavy atom. The second-order valence-corrected chi connectivity index (χ2v) is 4.21. The molecule has 0 fully saturated rings. The molecule has 0 aliphatic rings. The molecule has 0 saturated heterocycles. The van der Waals surface area contributed by atoms with E-state index in [1.165, 1.54) is 30.5 Å². The Kier molecular flexibility index (Phi) is 3.52. The van der Waals surface area contributed by atoms with Crippen molar-refractivity contribution in [3.63, 3.8) is 0 Å². The number of nitro groups is 1. The first-order valence-corrected chi connectivity index (χ1v) is 5.59. The normalized spacial score (nSPS) is 10.1. The number of hydrogen-bond acceptors (Lipinski definition) is 4. The zero-order chi connectivity index (χ0) is 13.1. The van der Waals surface area contributed by atoms with Gasteiger partial charge in [-0.3, -0.25) is 10.1 Å². The van der Waals surface area contributed by atoms with E-state index in [-0.39, 0.29) is 17.3 Å². The quantitative estimate of drug-likeness (QED) is 0.640. The van der Waals surface area contributed by atoms with Crippen LogP contribution in [0.3, 0.4) is 0 Å². The van der Waals surface area contributed by atoms with Gasteiger partial charge in [0.05, 0.1) is 4.92 Å². The SMILES string of the molecule is O=[N+]([O-])c1cc(Br)cnc1Oc1cccc(F)c1. The molecule has 92 valence electrons. The summed E-state index contributed by atoms with van der Waals surface area (Å²) < 4.78 is 18.6. The third-order valence-electron chi connectivity index (χ3n) is 2.01. The van der Waals surface area contributed by atoms with Crippen LogP contribution < -0.4 is 4.74 Å². The van der Waals surface area contributed by atoms with Crippen LogP contribution >= 0.6 is 15.9 Å². The molecule has 0 aliphatic carbocycles. The monoisotopic (exact) mass is 312 g/mol. The molecule has 0 bridgehead atoms. The molecule has 7 heteroatoms. The van der Waals surface area contributed by atoms with Gasteiger partial charge in [0.15, 0.2) is 0 Å². The first-order chi connectivity index (χ1) is 8.56. The number of hydrogen-bond donors (Lipinski definition) is 0. The smallest absolute Gasteiger partial charge is 0.332 e. The Balaban J connectivity index is 2.37. The van der Waals surface area contributed by atoms with Crippen molar-refractivity contribution in [1.82, 2.24) is 4.98 Å². The number of halogens is 2. The van der Waals surface area contributed by atoms with Gasteiger partial charge in [-0.15, -0.1) is 0 Å². The molecule has 0 aliphatic heterocycles. The maximum absolute atomic E-state index is 13.0. The maximum atomic E-state index is 13.0. The Hall–Kier alpha value is -2.02. The number of benzene rings is 1. The Morgan fingerprint density at radius 3 is 2.83 bits per heavy atom. The van der Waals surface area contributed by atoms with Gasteiger partial charge in [0.1, 0.15) is 11.6 Å². The van der Waals surface area contributed by atoms with E-state index in [2.05, 4.69) is 20.9 Å². The van der Waals surface area contributed by atoms with E-state index in [0.717, 1.165) is 6.07 Å². The highest BCUT2D eigenvalue weighted by atomic mass is 79.9. The van der Waals surface area contributed by atoms with Gasteiger partial charge in [0.25, 0.3) is 5.88 Å². The van der Waals surface area contributed by atoms with E-state index in [0.29, 0.717) is 4.47 Å². The zero-order valence-corrected chi connectivity index (χ0v) is 10.4. The van der Waals surface area contributed by atoms with Gasteiger partial charge < -0.3 is 4.74 Å². The molecule has 1 aromatic carbocycles. The van der Waals surface area contributed by atoms with Crippen molar-refractivity contribution in [2.45, 2.75) is 0 Å². The molecule has 0 radical (unpaired) electrons. The van der Waals surface area contributed by atoms with Crippen LogP contribution in [0.15, 0.2) is 41.0 Å². The van der Waals surface area contributed by atoms with Crippen molar-refractivity contribution in [3.8, 4) is 11.6 Å². The van der Waals surface area contributed by atoms with Crippen molar-refractivity contribution in [2.24, 2.45) is 0 Å². The summed E-state index contributed by atoms with van der Waals surface area (Å²) in [6.45, 7) is 0. The fraction of sp³-hybridized carbons (Fsp3) is 0. The van der Waals surface area contributed by atoms with Crippen molar-refractivity contribution in [3.05, 3.63) is 56.9 Å². The number of rotatable bonds is 3. The first-order valence-electron chi connectivity index (χ1n) is 4.79. The van der Waals surface area contributed by atoms with Gasteiger partial charge in [-0.05, 0) is 28.1 Å². The van der Waals surface area contributed by atoms with Crippen LogP contribution in [0.1, 0.15) is 0 Å². The molecule has 1 heterocycles. The molecular weight excluding hydrogens is 307 g/mol. The standard InChI is InChI=1S/C11H6BrFN2O3/c12-7-4-10(15(16)17)11(14-6-7)18-9-3-1-2-8(13)5-9/h1-6H. The molecule has 0 amide bonds. The number of ether oxygens (including phenoxy) is 1. The summed E-state index contributed by atoms with van der Waals surface area (Å²) in [7, 11) is 0. The third kappa shape index (κ3) is 2.80. The van der Waals surface area contributed by atoms with Crippen LogP contribution in [0.4, 0.5) is 10.1 Å². The molecular formula is C11H6BrFN2O3. The molecule has 0 unspecified atom stereocenters. The molecule has 18 heavy (non-hydrogen) atoms. The molecule has 1 aromatic heterocycles. The summed E-state index contributed by atoms with van der Waals surface area (Å²) in [5, 5.41) is 10.8. The second kappa shape index (κ2) is 5.09. The second-order valence-electron chi connectivity index (χ2n) is 3.29. The highest BCUT2D eigenvalue weighted by molar-refractivity contribution is 9.10. The topological polar surface area (TPSA) is 65.3 Å². The summed E-state index contributed by atoms with van der Waals surface area (Å²) in [4.78, 5) is 14.0. The number of pyridine rings is 1. The van der Waals surface area contributed by atoms with Crippen LogP contribution in [0.2, 0.25) is 0 Å². The molecule has 0 saturated carbocycles. The predicted octanol–water partition coefficient (Wildman–Crippen LogP) is 3.68. The number of nitrogens with zero attached hydrogens (tertiary/aromatic N) is 2. The Bertz CT molecular complexity index is 607. The highest BCUT2D eigenvalue weighted by Crippen LogP contribution is 2.31. The zero-order valence-electron chi connectivity index (χ0n) is 8.84. The van der Waals surface area contributed by atoms with Crippen LogP contribution in [0.5, 0.6) is 11.6 Å². The Labute approximate surface area is 110 Å². The van der Waals surface area contributed by atoms with E-state index in [9.17, 15) is 14.5 Å². The van der Waals surface area contributed by atoms with Gasteiger partial charge >= 0.3 is 5.69 Å². The van der Waals surface area contributed by atoms with Gasteiger partial charge in [0.2, 0.25) is 0 Å². The van der Waals surface area contributed by atoms with Crippen LogP contribution in [-0.2, 0) is 0 Å².